The van der Waals surface area contributed by atoms with Gasteiger partial charge in [0.2, 0.25) is 5.91 Å². The molecule has 5 nitrogen and oxygen atoms in total. The van der Waals surface area contributed by atoms with E-state index in [-0.39, 0.29) is 5.91 Å². The van der Waals surface area contributed by atoms with Gasteiger partial charge in [-0.2, -0.15) is 5.10 Å². The Morgan fingerprint density at radius 2 is 1.59 bits per heavy atom. The number of hydrogen-bond donors (Lipinski definition) is 1. The third-order valence-corrected chi connectivity index (χ3v) is 5.43. The molecular formula is C27H28N4O. The molecule has 0 saturated heterocycles. The minimum absolute atomic E-state index is 0.0563. The average molecular weight is 425 g/mol. The zero-order chi connectivity index (χ0) is 22.3. The molecule has 0 fully saturated rings. The minimum Gasteiger partial charge on any atom is -0.324 e. The molecule has 0 spiro atoms. The molecule has 1 aromatic heterocycles. The first kappa shape index (κ1) is 21.5. The number of nitrogens with zero attached hydrogens (tertiary/aromatic N) is 3. The summed E-state index contributed by atoms with van der Waals surface area (Å²) in [7, 11) is 1.97. The van der Waals surface area contributed by atoms with E-state index in [1.54, 1.807) is 0 Å². The van der Waals surface area contributed by atoms with Gasteiger partial charge < -0.3 is 5.32 Å². The third-order valence-electron chi connectivity index (χ3n) is 5.43. The second kappa shape index (κ2) is 10.1. The fourth-order valence-electron chi connectivity index (χ4n) is 3.81. The molecule has 162 valence electrons. The summed E-state index contributed by atoms with van der Waals surface area (Å²) in [5, 5.41) is 7.58. The third kappa shape index (κ3) is 5.50. The van der Waals surface area contributed by atoms with E-state index < -0.39 is 6.04 Å². The van der Waals surface area contributed by atoms with E-state index in [4.69, 9.17) is 0 Å². The number of carbonyl (C=O) groups is 1. The SMILES string of the molecule is Cc1ccc(NC(=O)[C@H](c2ccccc2)N(C)Cc2cnn(Cc3ccccc3)c2)cc1. The number of hydrogen-bond acceptors (Lipinski definition) is 3. The molecule has 0 bridgehead atoms. The van der Waals surface area contributed by atoms with E-state index in [2.05, 4.69) is 27.4 Å². The Labute approximate surface area is 189 Å². The van der Waals surface area contributed by atoms with Gasteiger partial charge in [-0.3, -0.25) is 14.4 Å². The number of nitrogens with one attached hydrogen (secondary N) is 1. The highest BCUT2D eigenvalue weighted by Crippen LogP contribution is 2.23. The molecular weight excluding hydrogens is 396 g/mol. The molecule has 1 N–H and O–H groups in total. The van der Waals surface area contributed by atoms with Crippen LogP contribution in [0.5, 0.6) is 0 Å². The summed E-state index contributed by atoms with van der Waals surface area (Å²) in [5.74, 6) is -0.0563. The van der Waals surface area contributed by atoms with Gasteiger partial charge in [-0.1, -0.05) is 78.4 Å². The van der Waals surface area contributed by atoms with E-state index in [1.807, 2.05) is 104 Å². The number of amides is 1. The lowest BCUT2D eigenvalue weighted by atomic mass is 10.0. The molecule has 1 atom stereocenters. The highest BCUT2D eigenvalue weighted by Gasteiger charge is 2.25. The van der Waals surface area contributed by atoms with E-state index in [0.717, 1.165) is 28.9 Å². The number of aryl methyl sites for hydroxylation is 1. The number of aromatic nitrogens is 2. The van der Waals surface area contributed by atoms with Crippen LogP contribution in [0.4, 0.5) is 5.69 Å². The van der Waals surface area contributed by atoms with Gasteiger partial charge in [-0.15, -0.1) is 0 Å². The zero-order valence-electron chi connectivity index (χ0n) is 18.5. The standard InChI is InChI=1S/C27H28N4O/c1-21-13-15-25(16-14-21)29-27(32)26(24-11-7-4-8-12-24)30(2)18-23-17-28-31(20-23)19-22-9-5-3-6-10-22/h3-17,20,26H,18-19H2,1-2H3,(H,29,32)/t26-/m0/s1. The molecule has 32 heavy (non-hydrogen) atoms. The highest BCUT2D eigenvalue weighted by molar-refractivity contribution is 5.95. The minimum atomic E-state index is -0.421. The van der Waals surface area contributed by atoms with Crippen molar-refractivity contribution in [3.8, 4) is 0 Å². The Kier molecular flexibility index (Phi) is 6.78. The maximum Gasteiger partial charge on any atom is 0.246 e. The molecule has 0 aliphatic carbocycles. The molecule has 1 amide bonds. The van der Waals surface area contributed by atoms with Crippen LogP contribution in [-0.2, 0) is 17.9 Å². The zero-order valence-corrected chi connectivity index (χ0v) is 18.5. The van der Waals surface area contributed by atoms with Crippen molar-refractivity contribution in [3.05, 3.63) is 120 Å². The number of likely N-dealkylation sites (N-methyl/N-ethyl adjacent to an activating group) is 1. The molecule has 0 unspecified atom stereocenters. The van der Waals surface area contributed by atoms with Gasteiger partial charge in [0.15, 0.2) is 0 Å². The predicted molar refractivity (Wildman–Crippen MR) is 128 cm³/mol. The van der Waals surface area contributed by atoms with Crippen LogP contribution < -0.4 is 5.32 Å². The Hall–Kier alpha value is -3.70. The van der Waals surface area contributed by atoms with Crippen LogP contribution in [0.3, 0.4) is 0 Å². The first-order valence-corrected chi connectivity index (χ1v) is 10.8. The first-order valence-electron chi connectivity index (χ1n) is 10.8. The lowest BCUT2D eigenvalue weighted by Gasteiger charge is -2.27. The van der Waals surface area contributed by atoms with Gasteiger partial charge in [0.1, 0.15) is 6.04 Å². The first-order chi connectivity index (χ1) is 15.6. The van der Waals surface area contributed by atoms with Crippen molar-refractivity contribution in [2.75, 3.05) is 12.4 Å². The van der Waals surface area contributed by atoms with Crippen molar-refractivity contribution in [2.24, 2.45) is 0 Å². The fraction of sp³-hybridized carbons (Fsp3) is 0.185. The predicted octanol–water partition coefficient (Wildman–Crippen LogP) is 5.05. The van der Waals surface area contributed by atoms with Crippen molar-refractivity contribution in [1.29, 1.82) is 0 Å². The maximum absolute atomic E-state index is 13.3. The van der Waals surface area contributed by atoms with Crippen LogP contribution in [-0.4, -0.2) is 27.6 Å². The van der Waals surface area contributed by atoms with Gasteiger partial charge in [0.05, 0.1) is 12.7 Å². The van der Waals surface area contributed by atoms with Crippen LogP contribution in [0.25, 0.3) is 0 Å². The van der Waals surface area contributed by atoms with E-state index in [0.29, 0.717) is 6.54 Å². The summed E-state index contributed by atoms with van der Waals surface area (Å²) in [6.07, 6.45) is 3.92. The summed E-state index contributed by atoms with van der Waals surface area (Å²) >= 11 is 0. The van der Waals surface area contributed by atoms with Gasteiger partial charge in [0, 0.05) is 24.0 Å². The van der Waals surface area contributed by atoms with Crippen molar-refractivity contribution in [2.45, 2.75) is 26.1 Å². The summed E-state index contributed by atoms with van der Waals surface area (Å²) in [5.41, 5.74) is 5.18. The fourth-order valence-corrected chi connectivity index (χ4v) is 3.81. The molecule has 0 radical (unpaired) electrons. The number of anilines is 1. The number of benzene rings is 3. The molecule has 1 heterocycles. The second-order valence-corrected chi connectivity index (χ2v) is 8.12. The summed E-state index contributed by atoms with van der Waals surface area (Å²) in [6, 6.07) is 27.6. The summed E-state index contributed by atoms with van der Waals surface area (Å²) < 4.78 is 1.93. The highest BCUT2D eigenvalue weighted by atomic mass is 16.2. The number of rotatable bonds is 8. The van der Waals surface area contributed by atoms with Crippen molar-refractivity contribution < 1.29 is 4.79 Å². The molecule has 4 aromatic rings. The van der Waals surface area contributed by atoms with Crippen LogP contribution >= 0.6 is 0 Å². The molecule has 3 aromatic carbocycles. The van der Waals surface area contributed by atoms with Crippen molar-refractivity contribution >= 4 is 11.6 Å². The van der Waals surface area contributed by atoms with Gasteiger partial charge in [0.25, 0.3) is 0 Å². The molecule has 5 heteroatoms. The molecule has 0 aliphatic rings. The largest absolute Gasteiger partial charge is 0.324 e. The smallest absolute Gasteiger partial charge is 0.246 e. The molecule has 0 saturated carbocycles. The van der Waals surface area contributed by atoms with Gasteiger partial charge in [-0.25, -0.2) is 0 Å². The maximum atomic E-state index is 13.3. The van der Waals surface area contributed by atoms with Crippen LogP contribution in [0.2, 0.25) is 0 Å². The Bertz CT molecular complexity index is 1140. The molecule has 4 rings (SSSR count). The van der Waals surface area contributed by atoms with E-state index >= 15 is 0 Å². The van der Waals surface area contributed by atoms with Crippen LogP contribution in [0, 0.1) is 6.92 Å². The lowest BCUT2D eigenvalue weighted by Crippen LogP contribution is -2.34. The topological polar surface area (TPSA) is 50.2 Å². The van der Waals surface area contributed by atoms with Crippen molar-refractivity contribution in [1.82, 2.24) is 14.7 Å². The second-order valence-electron chi connectivity index (χ2n) is 8.12. The lowest BCUT2D eigenvalue weighted by molar-refractivity contribution is -0.121. The summed E-state index contributed by atoms with van der Waals surface area (Å²) in [4.78, 5) is 15.4. The van der Waals surface area contributed by atoms with Gasteiger partial charge in [-0.05, 0) is 37.2 Å². The molecule has 0 aliphatic heterocycles. The average Bonchev–Trinajstić information content (AvgIpc) is 3.23. The van der Waals surface area contributed by atoms with Crippen LogP contribution in [0.1, 0.15) is 28.3 Å². The number of carbonyl (C=O) groups excluding carboxylic acids is 1. The quantitative estimate of drug-likeness (QED) is 0.431. The van der Waals surface area contributed by atoms with E-state index in [1.165, 1.54) is 5.56 Å². The Morgan fingerprint density at radius 3 is 2.28 bits per heavy atom. The normalized spacial score (nSPS) is 12.0. The van der Waals surface area contributed by atoms with Crippen molar-refractivity contribution in [3.63, 3.8) is 0 Å². The van der Waals surface area contributed by atoms with Gasteiger partial charge >= 0.3 is 0 Å². The monoisotopic (exact) mass is 424 g/mol. The Morgan fingerprint density at radius 1 is 0.938 bits per heavy atom. The van der Waals surface area contributed by atoms with E-state index in [9.17, 15) is 4.79 Å². The Balaban J connectivity index is 1.50. The van der Waals surface area contributed by atoms with Crippen LogP contribution in [0.15, 0.2) is 97.3 Å². The summed E-state index contributed by atoms with van der Waals surface area (Å²) in [6.45, 7) is 3.36.